The van der Waals surface area contributed by atoms with E-state index in [1.54, 1.807) is 23.0 Å². The number of hydrogen-bond acceptors (Lipinski definition) is 6. The summed E-state index contributed by atoms with van der Waals surface area (Å²) in [5.74, 6) is -3.50. The van der Waals surface area contributed by atoms with E-state index in [9.17, 15) is 22.0 Å². The molecule has 13 heteroatoms. The lowest BCUT2D eigenvalue weighted by Gasteiger charge is -2.29. The molecule has 0 radical (unpaired) electrons. The Morgan fingerprint density at radius 3 is 2.51 bits per heavy atom. The number of rotatable bonds is 7. The number of likely N-dealkylation sites (tertiary alicyclic amines) is 1. The topological polar surface area (TPSA) is 109 Å². The lowest BCUT2D eigenvalue weighted by atomic mass is 10.0. The highest BCUT2D eigenvalue weighted by atomic mass is 32.2. The Hall–Kier alpha value is -4.23. The molecule has 9 nitrogen and oxygen atoms in total. The van der Waals surface area contributed by atoms with E-state index in [-0.39, 0.29) is 23.0 Å². The number of carbonyl (C=O) groups is 1. The normalized spacial score (nSPS) is 14.7. The van der Waals surface area contributed by atoms with Crippen molar-refractivity contribution < 1.29 is 26.4 Å². The molecule has 2 aromatic carbocycles. The largest absolute Gasteiger partial charge is 0.354 e. The number of hydrogen-bond donors (Lipinski definition) is 2. The van der Waals surface area contributed by atoms with Crippen molar-refractivity contribution in [1.29, 1.82) is 0 Å². The van der Waals surface area contributed by atoms with Crippen molar-refractivity contribution in [3.63, 3.8) is 0 Å². The van der Waals surface area contributed by atoms with Crippen molar-refractivity contribution in [3.8, 4) is 22.4 Å². The van der Waals surface area contributed by atoms with Gasteiger partial charge >= 0.3 is 0 Å². The Morgan fingerprint density at radius 1 is 1.02 bits per heavy atom. The lowest BCUT2D eigenvalue weighted by molar-refractivity contribution is 0.0958. The molecule has 3 heterocycles. The standard InChI is InChI=1S/C28H27F3N6O3S/c1-32-28(38)24-14-17(8-11-33-24)21-16-37(19-9-12-36(2)13-10-19)34-27(21)20-4-3-5-23(26(20)31)35-41(39,40)25-15-18(29)6-7-22(25)30/h3-8,11,14-16,19,35H,9-10,12-13H2,1-2H3,(H,32,38). The van der Waals surface area contributed by atoms with Crippen LogP contribution in [-0.4, -0.2) is 61.2 Å². The average Bonchev–Trinajstić information content (AvgIpc) is 3.40. The molecule has 4 aromatic rings. The summed E-state index contributed by atoms with van der Waals surface area (Å²) in [6.45, 7) is 1.71. The molecule has 1 fully saturated rings. The van der Waals surface area contributed by atoms with Gasteiger partial charge in [-0.2, -0.15) is 5.10 Å². The molecule has 2 N–H and O–H groups in total. The molecule has 1 aliphatic rings. The van der Waals surface area contributed by atoms with Gasteiger partial charge in [0.15, 0.2) is 5.82 Å². The summed E-state index contributed by atoms with van der Waals surface area (Å²) in [5.41, 5.74) is 0.943. The van der Waals surface area contributed by atoms with Crippen LogP contribution in [0.25, 0.3) is 22.4 Å². The fourth-order valence-corrected chi connectivity index (χ4v) is 5.92. The van der Waals surface area contributed by atoms with Crippen LogP contribution in [-0.2, 0) is 10.0 Å². The van der Waals surface area contributed by atoms with Crippen LogP contribution >= 0.6 is 0 Å². The Balaban J connectivity index is 1.60. The molecular formula is C28H27F3N6O3S. The van der Waals surface area contributed by atoms with E-state index < -0.39 is 44.0 Å². The summed E-state index contributed by atoms with van der Waals surface area (Å²) in [5, 5.41) is 7.26. The summed E-state index contributed by atoms with van der Waals surface area (Å²) >= 11 is 0. The highest BCUT2D eigenvalue weighted by Crippen LogP contribution is 2.37. The van der Waals surface area contributed by atoms with Crippen molar-refractivity contribution in [3.05, 3.63) is 84.1 Å². The SMILES string of the molecule is CNC(=O)c1cc(-c2cn(C3CCN(C)CC3)nc2-c2cccc(NS(=O)(=O)c3cc(F)ccc3F)c2F)ccn1. The zero-order chi connectivity index (χ0) is 29.3. The minimum atomic E-state index is -4.67. The van der Waals surface area contributed by atoms with Crippen molar-refractivity contribution >= 4 is 21.6 Å². The monoisotopic (exact) mass is 584 g/mol. The number of sulfonamides is 1. The third-order valence-corrected chi connectivity index (χ3v) is 8.39. The van der Waals surface area contributed by atoms with Crippen LogP contribution in [0.2, 0.25) is 0 Å². The molecule has 1 aliphatic heterocycles. The zero-order valence-corrected chi connectivity index (χ0v) is 23.1. The third kappa shape index (κ3) is 5.81. The van der Waals surface area contributed by atoms with E-state index in [0.717, 1.165) is 32.0 Å². The lowest BCUT2D eigenvalue weighted by Crippen LogP contribution is -2.31. The second kappa shape index (κ2) is 11.3. The predicted octanol–water partition coefficient (Wildman–Crippen LogP) is 4.46. The first kappa shape index (κ1) is 28.3. The predicted molar refractivity (Wildman–Crippen MR) is 147 cm³/mol. The van der Waals surface area contributed by atoms with E-state index in [4.69, 9.17) is 5.10 Å². The van der Waals surface area contributed by atoms with Crippen molar-refractivity contribution in [2.75, 3.05) is 31.9 Å². The maximum atomic E-state index is 16.0. The van der Waals surface area contributed by atoms with Crippen LogP contribution in [0.5, 0.6) is 0 Å². The van der Waals surface area contributed by atoms with Crippen molar-refractivity contribution in [2.45, 2.75) is 23.8 Å². The van der Waals surface area contributed by atoms with Gasteiger partial charge in [0.1, 0.15) is 27.9 Å². The number of nitrogens with one attached hydrogen (secondary N) is 2. The molecule has 2 aromatic heterocycles. The van der Waals surface area contributed by atoms with E-state index >= 15 is 4.39 Å². The molecule has 0 atom stereocenters. The molecule has 41 heavy (non-hydrogen) atoms. The van der Waals surface area contributed by atoms with Crippen LogP contribution in [0.4, 0.5) is 18.9 Å². The number of anilines is 1. The van der Waals surface area contributed by atoms with E-state index in [1.165, 1.54) is 31.4 Å². The fraction of sp³-hybridized carbons (Fsp3) is 0.250. The quantitative estimate of drug-likeness (QED) is 0.332. The molecule has 5 rings (SSSR count). The Morgan fingerprint density at radius 2 is 1.78 bits per heavy atom. The first-order chi connectivity index (χ1) is 19.6. The first-order valence-corrected chi connectivity index (χ1v) is 14.3. The minimum Gasteiger partial charge on any atom is -0.354 e. The second-order valence-corrected chi connectivity index (χ2v) is 11.4. The number of aromatic nitrogens is 3. The van der Waals surface area contributed by atoms with Gasteiger partial charge in [-0.15, -0.1) is 0 Å². The average molecular weight is 585 g/mol. The van der Waals surface area contributed by atoms with Crippen LogP contribution in [0.3, 0.4) is 0 Å². The second-order valence-electron chi connectivity index (χ2n) is 9.76. The number of halogens is 3. The summed E-state index contributed by atoms with van der Waals surface area (Å²) in [7, 11) is -1.16. The van der Waals surface area contributed by atoms with Gasteiger partial charge in [0, 0.05) is 30.6 Å². The van der Waals surface area contributed by atoms with E-state index in [1.807, 2.05) is 11.8 Å². The van der Waals surface area contributed by atoms with Crippen molar-refractivity contribution in [1.82, 2.24) is 25.0 Å². The molecular weight excluding hydrogens is 557 g/mol. The number of benzene rings is 2. The minimum absolute atomic E-state index is 0.0232. The third-order valence-electron chi connectivity index (χ3n) is 7.01. The first-order valence-electron chi connectivity index (χ1n) is 12.8. The van der Waals surface area contributed by atoms with Gasteiger partial charge in [0.2, 0.25) is 0 Å². The van der Waals surface area contributed by atoms with Crippen LogP contribution in [0, 0.1) is 17.5 Å². The zero-order valence-electron chi connectivity index (χ0n) is 22.2. The molecule has 0 aliphatic carbocycles. The summed E-state index contributed by atoms with van der Waals surface area (Å²) in [6.07, 6.45) is 4.88. The van der Waals surface area contributed by atoms with E-state index in [2.05, 4.69) is 15.2 Å². The van der Waals surface area contributed by atoms with Crippen LogP contribution < -0.4 is 10.0 Å². The van der Waals surface area contributed by atoms with Gasteiger partial charge < -0.3 is 10.2 Å². The maximum Gasteiger partial charge on any atom is 0.269 e. The molecule has 0 spiro atoms. The highest BCUT2D eigenvalue weighted by Gasteiger charge is 2.26. The fourth-order valence-electron chi connectivity index (χ4n) is 4.78. The summed E-state index contributed by atoms with van der Waals surface area (Å²) < 4.78 is 73.5. The summed E-state index contributed by atoms with van der Waals surface area (Å²) in [4.78, 5) is 17.6. The molecule has 0 unspecified atom stereocenters. The molecule has 0 bridgehead atoms. The van der Waals surface area contributed by atoms with Gasteiger partial charge in [0.25, 0.3) is 15.9 Å². The summed E-state index contributed by atoms with van der Waals surface area (Å²) in [6, 6.07) is 9.32. The number of carbonyl (C=O) groups excluding carboxylic acids is 1. The Kier molecular flexibility index (Phi) is 7.82. The van der Waals surface area contributed by atoms with Gasteiger partial charge in [-0.05, 0) is 81.0 Å². The molecule has 0 saturated carbocycles. The van der Waals surface area contributed by atoms with Gasteiger partial charge in [-0.1, -0.05) is 6.07 Å². The van der Waals surface area contributed by atoms with Crippen LogP contribution in [0.15, 0.2) is 65.8 Å². The van der Waals surface area contributed by atoms with E-state index in [0.29, 0.717) is 23.3 Å². The smallest absolute Gasteiger partial charge is 0.269 e. The number of amides is 1. The number of piperidine rings is 1. The molecule has 1 amide bonds. The number of nitrogens with zero attached hydrogens (tertiary/aromatic N) is 4. The molecule has 1 saturated heterocycles. The van der Waals surface area contributed by atoms with Crippen LogP contribution in [0.1, 0.15) is 29.4 Å². The van der Waals surface area contributed by atoms with Gasteiger partial charge in [0.05, 0.1) is 11.7 Å². The van der Waals surface area contributed by atoms with Crippen molar-refractivity contribution in [2.24, 2.45) is 0 Å². The Bertz CT molecular complexity index is 1720. The van der Waals surface area contributed by atoms with Gasteiger partial charge in [-0.25, -0.2) is 21.6 Å². The number of pyridine rings is 1. The molecule has 214 valence electrons. The maximum absolute atomic E-state index is 16.0. The highest BCUT2D eigenvalue weighted by molar-refractivity contribution is 7.92. The van der Waals surface area contributed by atoms with Gasteiger partial charge in [-0.3, -0.25) is 19.2 Å². The Labute approximate surface area is 235 Å².